The first-order valence-electron chi connectivity index (χ1n) is 7.79. The number of fused-ring (bicyclic) bond motifs is 1. The van der Waals surface area contributed by atoms with Gasteiger partial charge in [0.1, 0.15) is 5.69 Å². The number of nitrogens with zero attached hydrogens (tertiary/aromatic N) is 2. The molecule has 1 aliphatic heterocycles. The number of aromatic nitrogens is 1. The van der Waals surface area contributed by atoms with Gasteiger partial charge in [-0.2, -0.15) is 0 Å². The summed E-state index contributed by atoms with van der Waals surface area (Å²) < 4.78 is 5.14. The number of hydrogen-bond donors (Lipinski definition) is 4. The number of anilines is 1. The molecular formula is C15H22N4O5. The highest BCUT2D eigenvalue weighted by molar-refractivity contribution is 5.99. The number of pyridine rings is 1. The third-order valence-corrected chi connectivity index (χ3v) is 3.50. The third-order valence-electron chi connectivity index (χ3n) is 3.50. The number of hydrogen-bond acceptors (Lipinski definition) is 7. The number of carbonyl (C=O) groups is 2. The van der Waals surface area contributed by atoms with Crippen LogP contribution in [0.1, 0.15) is 16.8 Å². The summed E-state index contributed by atoms with van der Waals surface area (Å²) in [5.41, 5.74) is 0.720. The quantitative estimate of drug-likeness (QED) is 0.418. The first-order chi connectivity index (χ1) is 11.6. The number of aliphatic hydroxyl groups is 2. The van der Waals surface area contributed by atoms with Gasteiger partial charge in [-0.05, 0) is 19.0 Å². The second kappa shape index (κ2) is 9.16. The normalized spacial score (nSPS) is 13.2. The lowest BCUT2D eigenvalue weighted by Gasteiger charge is -2.20. The molecule has 1 aromatic heterocycles. The molecule has 9 nitrogen and oxygen atoms in total. The van der Waals surface area contributed by atoms with Crippen LogP contribution in [-0.2, 0) is 4.79 Å². The van der Waals surface area contributed by atoms with Gasteiger partial charge in [-0.3, -0.25) is 14.5 Å². The molecule has 9 heteroatoms. The predicted octanol–water partition coefficient (Wildman–Crippen LogP) is -1.18. The highest BCUT2D eigenvalue weighted by atomic mass is 16.5. The fourth-order valence-electron chi connectivity index (χ4n) is 2.33. The molecule has 24 heavy (non-hydrogen) atoms. The highest BCUT2D eigenvalue weighted by Gasteiger charge is 2.19. The van der Waals surface area contributed by atoms with Gasteiger partial charge in [-0.1, -0.05) is 0 Å². The third kappa shape index (κ3) is 5.15. The zero-order chi connectivity index (χ0) is 17.4. The molecule has 132 valence electrons. The van der Waals surface area contributed by atoms with Crippen LogP contribution in [0.25, 0.3) is 0 Å². The Hall–Kier alpha value is -2.23. The lowest BCUT2D eigenvalue weighted by molar-refractivity contribution is -0.118. The van der Waals surface area contributed by atoms with E-state index < -0.39 is 0 Å². The van der Waals surface area contributed by atoms with Crippen LogP contribution in [0.5, 0.6) is 5.88 Å². The van der Waals surface area contributed by atoms with Crippen molar-refractivity contribution < 1.29 is 24.5 Å². The average molecular weight is 338 g/mol. The average Bonchev–Trinajstić information content (AvgIpc) is 2.58. The molecule has 2 heterocycles. The van der Waals surface area contributed by atoms with E-state index in [1.54, 1.807) is 0 Å². The van der Waals surface area contributed by atoms with Gasteiger partial charge in [0.05, 0.1) is 18.8 Å². The van der Waals surface area contributed by atoms with Crippen LogP contribution in [0.4, 0.5) is 5.69 Å². The number of ether oxygens (including phenoxy) is 1. The van der Waals surface area contributed by atoms with Crippen LogP contribution in [0, 0.1) is 0 Å². The van der Waals surface area contributed by atoms with Gasteiger partial charge in [0.2, 0.25) is 5.88 Å². The predicted molar refractivity (Wildman–Crippen MR) is 85.9 cm³/mol. The molecule has 0 radical (unpaired) electrons. The SMILES string of the molecule is O=C1COc2ncc(C(=O)NCCCN(CCO)CCO)cc2N1. The number of aliphatic hydroxyl groups excluding tert-OH is 2. The largest absolute Gasteiger partial charge is 0.466 e. The molecule has 0 saturated heterocycles. The van der Waals surface area contributed by atoms with E-state index >= 15 is 0 Å². The lowest BCUT2D eigenvalue weighted by atomic mass is 10.2. The second-order valence-electron chi connectivity index (χ2n) is 5.31. The van der Waals surface area contributed by atoms with E-state index in [-0.39, 0.29) is 31.6 Å². The fraction of sp³-hybridized carbons (Fsp3) is 0.533. The minimum atomic E-state index is -0.291. The first kappa shape index (κ1) is 18.1. The molecule has 0 aliphatic carbocycles. The molecule has 2 amide bonds. The van der Waals surface area contributed by atoms with Crippen LogP contribution in [-0.4, -0.2) is 77.9 Å². The Morgan fingerprint density at radius 3 is 2.79 bits per heavy atom. The number of rotatable bonds is 9. The topological polar surface area (TPSA) is 124 Å². The highest BCUT2D eigenvalue weighted by Crippen LogP contribution is 2.25. The van der Waals surface area contributed by atoms with Crippen molar-refractivity contribution in [3.8, 4) is 5.88 Å². The van der Waals surface area contributed by atoms with Crippen LogP contribution in [0.2, 0.25) is 0 Å². The lowest BCUT2D eigenvalue weighted by Crippen LogP contribution is -2.33. The van der Waals surface area contributed by atoms with Crippen LogP contribution >= 0.6 is 0 Å². The molecule has 0 atom stereocenters. The second-order valence-corrected chi connectivity index (χ2v) is 5.31. The summed E-state index contributed by atoms with van der Waals surface area (Å²) >= 11 is 0. The minimum absolute atomic E-state index is 0.0287. The van der Waals surface area contributed by atoms with Crippen molar-refractivity contribution in [2.75, 3.05) is 51.3 Å². The van der Waals surface area contributed by atoms with Gasteiger partial charge < -0.3 is 25.6 Å². The zero-order valence-corrected chi connectivity index (χ0v) is 13.3. The maximum atomic E-state index is 12.1. The van der Waals surface area contributed by atoms with Crippen LogP contribution in [0.3, 0.4) is 0 Å². The smallest absolute Gasteiger partial charge is 0.262 e. The molecular weight excluding hydrogens is 316 g/mol. The van der Waals surface area contributed by atoms with E-state index in [9.17, 15) is 9.59 Å². The van der Waals surface area contributed by atoms with Crippen molar-refractivity contribution in [1.82, 2.24) is 15.2 Å². The molecule has 0 unspecified atom stereocenters. The van der Waals surface area contributed by atoms with Crippen molar-refractivity contribution in [2.45, 2.75) is 6.42 Å². The monoisotopic (exact) mass is 338 g/mol. The summed E-state index contributed by atoms with van der Waals surface area (Å²) in [6, 6.07) is 1.53. The Morgan fingerprint density at radius 2 is 2.08 bits per heavy atom. The molecule has 0 aromatic carbocycles. The fourth-order valence-corrected chi connectivity index (χ4v) is 2.33. The van der Waals surface area contributed by atoms with Gasteiger partial charge in [-0.15, -0.1) is 0 Å². The van der Waals surface area contributed by atoms with Crippen molar-refractivity contribution in [1.29, 1.82) is 0 Å². The van der Waals surface area contributed by atoms with E-state index in [1.807, 2.05) is 4.90 Å². The summed E-state index contributed by atoms with van der Waals surface area (Å²) in [5.74, 6) is -0.273. The summed E-state index contributed by atoms with van der Waals surface area (Å²) in [6.45, 7) is 2.07. The van der Waals surface area contributed by atoms with Crippen LogP contribution < -0.4 is 15.4 Å². The van der Waals surface area contributed by atoms with Gasteiger partial charge in [-0.25, -0.2) is 4.98 Å². The van der Waals surface area contributed by atoms with Gasteiger partial charge in [0.25, 0.3) is 11.8 Å². The summed E-state index contributed by atoms with van der Waals surface area (Å²) in [6.07, 6.45) is 2.08. The summed E-state index contributed by atoms with van der Waals surface area (Å²) in [7, 11) is 0. The van der Waals surface area contributed by atoms with E-state index in [4.69, 9.17) is 14.9 Å². The van der Waals surface area contributed by atoms with Gasteiger partial charge >= 0.3 is 0 Å². The molecule has 2 rings (SSSR count). The molecule has 0 fully saturated rings. The van der Waals surface area contributed by atoms with Crippen LogP contribution in [0.15, 0.2) is 12.3 Å². The zero-order valence-electron chi connectivity index (χ0n) is 13.3. The molecule has 0 bridgehead atoms. The van der Waals surface area contributed by atoms with Crippen molar-refractivity contribution in [3.63, 3.8) is 0 Å². The first-order valence-corrected chi connectivity index (χ1v) is 7.79. The molecule has 1 aromatic rings. The van der Waals surface area contributed by atoms with Crippen molar-refractivity contribution in [3.05, 3.63) is 17.8 Å². The van der Waals surface area contributed by atoms with Crippen molar-refractivity contribution in [2.24, 2.45) is 0 Å². The Balaban J connectivity index is 1.80. The molecule has 0 spiro atoms. The molecule has 0 saturated carbocycles. The van der Waals surface area contributed by atoms with E-state index in [2.05, 4.69) is 15.6 Å². The summed E-state index contributed by atoms with van der Waals surface area (Å²) in [4.78, 5) is 29.3. The standard InChI is InChI=1S/C15H22N4O5/c20-6-4-19(5-7-21)3-1-2-16-14(23)11-8-12-15(17-9-11)24-10-13(22)18-12/h8-9,20-21H,1-7,10H2,(H,16,23)(H,18,22). The Kier molecular flexibility index (Phi) is 6.91. The Bertz CT molecular complexity index is 575. The minimum Gasteiger partial charge on any atom is -0.466 e. The number of nitrogens with one attached hydrogen (secondary N) is 2. The Morgan fingerprint density at radius 1 is 1.33 bits per heavy atom. The summed E-state index contributed by atoms with van der Waals surface area (Å²) in [5, 5.41) is 23.2. The van der Waals surface area contributed by atoms with E-state index in [1.165, 1.54) is 12.3 Å². The Labute approximate surface area is 139 Å². The van der Waals surface area contributed by atoms with Crippen molar-refractivity contribution >= 4 is 17.5 Å². The maximum absolute atomic E-state index is 12.1. The number of amides is 2. The molecule has 1 aliphatic rings. The molecule has 4 N–H and O–H groups in total. The maximum Gasteiger partial charge on any atom is 0.262 e. The van der Waals surface area contributed by atoms with E-state index in [0.717, 1.165) is 0 Å². The van der Waals surface area contributed by atoms with Gasteiger partial charge in [0, 0.05) is 25.8 Å². The van der Waals surface area contributed by atoms with E-state index in [0.29, 0.717) is 49.7 Å². The number of carbonyl (C=O) groups excluding carboxylic acids is 2. The van der Waals surface area contributed by atoms with Gasteiger partial charge in [0.15, 0.2) is 6.61 Å².